The van der Waals surface area contributed by atoms with Crippen molar-refractivity contribution in [2.45, 2.75) is 58.0 Å². The predicted molar refractivity (Wildman–Crippen MR) is 82.0 cm³/mol. The number of nitrogens with one attached hydrogen (secondary N) is 1. The molecule has 0 saturated heterocycles. The van der Waals surface area contributed by atoms with Crippen molar-refractivity contribution >= 4 is 0 Å². The summed E-state index contributed by atoms with van der Waals surface area (Å²) in [7, 11) is 0. The first-order valence-corrected chi connectivity index (χ1v) is 7.53. The van der Waals surface area contributed by atoms with Gasteiger partial charge in [0.1, 0.15) is 0 Å². The van der Waals surface area contributed by atoms with E-state index in [2.05, 4.69) is 56.4 Å². The molecule has 0 aromatic heterocycles. The molecule has 1 aromatic rings. The molecule has 0 radical (unpaired) electrons. The number of rotatable bonds is 4. The maximum absolute atomic E-state index is 6.18. The number of nitrogens with two attached hydrogens (primary N) is 1. The lowest BCUT2D eigenvalue weighted by molar-refractivity contribution is 0.0593. The molecule has 1 fully saturated rings. The molecule has 1 aliphatic carbocycles. The lowest BCUT2D eigenvalue weighted by atomic mass is 9.62. The van der Waals surface area contributed by atoms with Gasteiger partial charge in [-0.05, 0) is 30.7 Å². The Morgan fingerprint density at radius 2 is 1.79 bits per heavy atom. The second-order valence-electron chi connectivity index (χ2n) is 6.65. The normalized spacial score (nSPS) is 28.0. The number of hydrogen-bond donors (Lipinski definition) is 2. The highest BCUT2D eigenvalue weighted by atomic mass is 15.0. The van der Waals surface area contributed by atoms with E-state index >= 15 is 0 Å². The molecule has 2 nitrogen and oxygen atoms in total. The van der Waals surface area contributed by atoms with Crippen LogP contribution >= 0.6 is 0 Å². The summed E-state index contributed by atoms with van der Waals surface area (Å²) >= 11 is 0. The molecule has 0 spiro atoms. The van der Waals surface area contributed by atoms with Crippen molar-refractivity contribution in [1.82, 2.24) is 5.32 Å². The molecule has 19 heavy (non-hydrogen) atoms. The minimum atomic E-state index is 0.0699. The van der Waals surface area contributed by atoms with Crippen LogP contribution in [0.3, 0.4) is 0 Å². The molecule has 2 rings (SSSR count). The molecule has 1 aliphatic rings. The van der Waals surface area contributed by atoms with E-state index in [0.29, 0.717) is 6.04 Å². The van der Waals surface area contributed by atoms with Crippen LogP contribution in [0.1, 0.15) is 58.1 Å². The zero-order chi connectivity index (χ0) is 13.9. The largest absolute Gasteiger partial charge is 0.329 e. The first kappa shape index (κ1) is 14.5. The minimum absolute atomic E-state index is 0.0699. The van der Waals surface area contributed by atoms with Gasteiger partial charge in [-0.25, -0.2) is 0 Å². The maximum Gasteiger partial charge on any atom is 0.0360 e. The van der Waals surface area contributed by atoms with Gasteiger partial charge in [0.2, 0.25) is 0 Å². The fourth-order valence-electron chi connectivity index (χ4n) is 3.52. The van der Waals surface area contributed by atoms with E-state index in [9.17, 15) is 0 Å². The van der Waals surface area contributed by atoms with Crippen LogP contribution in [-0.4, -0.2) is 12.1 Å². The van der Waals surface area contributed by atoms with Crippen molar-refractivity contribution in [2.75, 3.05) is 6.54 Å². The van der Waals surface area contributed by atoms with E-state index in [1.54, 1.807) is 0 Å². The summed E-state index contributed by atoms with van der Waals surface area (Å²) in [5.41, 5.74) is 7.86. The Morgan fingerprint density at radius 1 is 1.16 bits per heavy atom. The molecule has 0 amide bonds. The van der Waals surface area contributed by atoms with E-state index in [4.69, 9.17) is 5.73 Å². The Morgan fingerprint density at radius 3 is 2.37 bits per heavy atom. The highest BCUT2D eigenvalue weighted by Gasteiger charge is 2.45. The summed E-state index contributed by atoms with van der Waals surface area (Å²) in [5.74, 6) is 0. The van der Waals surface area contributed by atoms with Crippen LogP contribution in [0, 0.1) is 5.41 Å². The first-order valence-electron chi connectivity index (χ1n) is 7.53. The zero-order valence-corrected chi connectivity index (χ0v) is 12.6. The number of benzene rings is 1. The van der Waals surface area contributed by atoms with E-state index in [1.807, 2.05) is 0 Å². The summed E-state index contributed by atoms with van der Waals surface area (Å²) in [6.45, 7) is 7.70. The Kier molecular flexibility index (Phi) is 4.32. The van der Waals surface area contributed by atoms with Crippen molar-refractivity contribution in [2.24, 2.45) is 11.1 Å². The molecule has 2 unspecified atom stereocenters. The standard InChI is InChI=1S/C17H28N2/c1-14(15-9-5-4-6-10-15)19-17(13-18)12-8-7-11-16(17,2)3/h4-6,9-10,14,19H,7-8,11-13,18H2,1-3H3. The van der Waals surface area contributed by atoms with E-state index in [0.717, 1.165) is 6.54 Å². The molecule has 3 N–H and O–H groups in total. The minimum Gasteiger partial charge on any atom is -0.329 e. The highest BCUT2D eigenvalue weighted by molar-refractivity contribution is 5.19. The van der Waals surface area contributed by atoms with Gasteiger partial charge < -0.3 is 11.1 Å². The molecule has 1 aromatic carbocycles. The van der Waals surface area contributed by atoms with Gasteiger partial charge in [0, 0.05) is 18.1 Å². The Labute approximate surface area is 117 Å². The lowest BCUT2D eigenvalue weighted by Gasteiger charge is -2.52. The van der Waals surface area contributed by atoms with Gasteiger partial charge in [-0.3, -0.25) is 0 Å². The van der Waals surface area contributed by atoms with E-state index < -0.39 is 0 Å². The second kappa shape index (κ2) is 5.64. The van der Waals surface area contributed by atoms with E-state index in [-0.39, 0.29) is 11.0 Å². The average molecular weight is 260 g/mol. The Bertz CT molecular complexity index is 399. The lowest BCUT2D eigenvalue weighted by Crippen LogP contribution is -2.62. The first-order chi connectivity index (χ1) is 9.01. The van der Waals surface area contributed by atoms with Crippen LogP contribution in [0.2, 0.25) is 0 Å². The van der Waals surface area contributed by atoms with Gasteiger partial charge in [-0.15, -0.1) is 0 Å². The molecular weight excluding hydrogens is 232 g/mol. The maximum atomic E-state index is 6.18. The van der Waals surface area contributed by atoms with Crippen LogP contribution in [0.25, 0.3) is 0 Å². The fourth-order valence-corrected chi connectivity index (χ4v) is 3.52. The molecular formula is C17H28N2. The van der Waals surface area contributed by atoms with Crippen molar-refractivity contribution in [3.63, 3.8) is 0 Å². The van der Waals surface area contributed by atoms with Crippen molar-refractivity contribution in [3.05, 3.63) is 35.9 Å². The van der Waals surface area contributed by atoms with Crippen LogP contribution in [0.5, 0.6) is 0 Å². The molecule has 0 aliphatic heterocycles. The van der Waals surface area contributed by atoms with Crippen LogP contribution < -0.4 is 11.1 Å². The van der Waals surface area contributed by atoms with E-state index in [1.165, 1.54) is 31.2 Å². The van der Waals surface area contributed by atoms with Gasteiger partial charge in [0.05, 0.1) is 0 Å². The Hall–Kier alpha value is -0.860. The topological polar surface area (TPSA) is 38.0 Å². The van der Waals surface area contributed by atoms with Gasteiger partial charge in [0.15, 0.2) is 0 Å². The van der Waals surface area contributed by atoms with Crippen molar-refractivity contribution in [1.29, 1.82) is 0 Å². The summed E-state index contributed by atoms with van der Waals surface area (Å²) < 4.78 is 0. The summed E-state index contributed by atoms with van der Waals surface area (Å²) in [4.78, 5) is 0. The molecule has 0 bridgehead atoms. The highest BCUT2D eigenvalue weighted by Crippen LogP contribution is 2.44. The predicted octanol–water partition coefficient (Wildman–Crippen LogP) is 3.63. The zero-order valence-electron chi connectivity index (χ0n) is 12.6. The molecule has 2 heteroatoms. The smallest absolute Gasteiger partial charge is 0.0360 e. The molecule has 0 heterocycles. The summed E-state index contributed by atoms with van der Waals surface area (Å²) in [6.07, 6.45) is 5.07. The van der Waals surface area contributed by atoms with Gasteiger partial charge in [0.25, 0.3) is 0 Å². The number of hydrogen-bond acceptors (Lipinski definition) is 2. The van der Waals surface area contributed by atoms with Gasteiger partial charge in [-0.1, -0.05) is 57.0 Å². The van der Waals surface area contributed by atoms with Crippen LogP contribution in [-0.2, 0) is 0 Å². The monoisotopic (exact) mass is 260 g/mol. The second-order valence-corrected chi connectivity index (χ2v) is 6.65. The third-order valence-corrected chi connectivity index (χ3v) is 5.09. The molecule has 2 atom stereocenters. The summed E-state index contributed by atoms with van der Waals surface area (Å²) in [6, 6.07) is 11.0. The molecule has 1 saturated carbocycles. The third-order valence-electron chi connectivity index (χ3n) is 5.09. The molecule has 106 valence electrons. The van der Waals surface area contributed by atoms with Gasteiger partial charge in [-0.2, -0.15) is 0 Å². The fraction of sp³-hybridized carbons (Fsp3) is 0.647. The van der Waals surface area contributed by atoms with Crippen LogP contribution in [0.15, 0.2) is 30.3 Å². The van der Waals surface area contributed by atoms with Crippen LogP contribution in [0.4, 0.5) is 0 Å². The quantitative estimate of drug-likeness (QED) is 0.867. The average Bonchev–Trinajstić information content (AvgIpc) is 2.42. The SMILES string of the molecule is CC(NC1(CN)CCCCC1(C)C)c1ccccc1. The Balaban J connectivity index is 2.18. The third kappa shape index (κ3) is 2.85. The van der Waals surface area contributed by atoms with Gasteiger partial charge >= 0.3 is 0 Å². The van der Waals surface area contributed by atoms with Crippen molar-refractivity contribution < 1.29 is 0 Å². The van der Waals surface area contributed by atoms with Crippen molar-refractivity contribution in [3.8, 4) is 0 Å². The summed E-state index contributed by atoms with van der Waals surface area (Å²) in [5, 5.41) is 3.86.